The van der Waals surface area contributed by atoms with Gasteiger partial charge in [0.05, 0.1) is 11.9 Å². The molecule has 0 aliphatic rings. The third-order valence-electron chi connectivity index (χ3n) is 1.66. The summed E-state index contributed by atoms with van der Waals surface area (Å²) in [6, 6.07) is 0. The van der Waals surface area contributed by atoms with Crippen LogP contribution in [-0.2, 0) is 6.54 Å². The van der Waals surface area contributed by atoms with Crippen molar-refractivity contribution in [2.45, 2.75) is 26.3 Å². The van der Waals surface area contributed by atoms with E-state index in [2.05, 4.69) is 17.3 Å². The number of nitrogens with one attached hydrogen (secondary N) is 1. The van der Waals surface area contributed by atoms with Crippen molar-refractivity contribution in [1.29, 1.82) is 0 Å². The lowest BCUT2D eigenvalue weighted by Crippen LogP contribution is -1.97. The fourth-order valence-electron chi connectivity index (χ4n) is 0.935. The highest BCUT2D eigenvalue weighted by Gasteiger charge is 1.93. The Balaban J connectivity index is 2.44. The summed E-state index contributed by atoms with van der Waals surface area (Å²) in [4.78, 5) is 0. The smallest absolute Gasteiger partial charge is 0.0723 e. The molecule has 0 aliphatic heterocycles. The molecule has 62 valence electrons. The van der Waals surface area contributed by atoms with Gasteiger partial charge in [-0.15, -0.1) is 0 Å². The number of hydrogen-bond acceptors (Lipinski definition) is 2. The lowest BCUT2D eigenvalue weighted by molar-refractivity contribution is 0.572. The van der Waals surface area contributed by atoms with Gasteiger partial charge in [-0.1, -0.05) is 13.3 Å². The minimum Gasteiger partial charge on any atom is -0.386 e. The van der Waals surface area contributed by atoms with E-state index in [1.54, 1.807) is 0 Å². The zero-order valence-electron chi connectivity index (χ0n) is 7.17. The van der Waals surface area contributed by atoms with Crippen LogP contribution in [0.15, 0.2) is 12.4 Å². The molecule has 0 fully saturated rings. The maximum Gasteiger partial charge on any atom is 0.0723 e. The van der Waals surface area contributed by atoms with Crippen molar-refractivity contribution < 1.29 is 0 Å². The largest absolute Gasteiger partial charge is 0.386 e. The van der Waals surface area contributed by atoms with Gasteiger partial charge in [-0.05, 0) is 6.42 Å². The highest BCUT2D eigenvalue weighted by Crippen LogP contribution is 2.03. The van der Waals surface area contributed by atoms with Crippen LogP contribution in [0.4, 0.5) is 5.69 Å². The van der Waals surface area contributed by atoms with E-state index in [-0.39, 0.29) is 0 Å². The summed E-state index contributed by atoms with van der Waals surface area (Å²) in [5.41, 5.74) is 1.08. The van der Waals surface area contributed by atoms with Crippen molar-refractivity contribution in [1.82, 2.24) is 9.78 Å². The zero-order valence-corrected chi connectivity index (χ0v) is 7.17. The third kappa shape index (κ3) is 2.26. The molecule has 0 radical (unpaired) electrons. The standard InChI is InChI=1S/C8H15N3/c1-3-4-5-11-7-8(9-2)6-10-11/h6-7,9H,3-5H2,1-2H3. The summed E-state index contributed by atoms with van der Waals surface area (Å²) >= 11 is 0. The van der Waals surface area contributed by atoms with Gasteiger partial charge < -0.3 is 5.32 Å². The van der Waals surface area contributed by atoms with E-state index in [0.717, 1.165) is 12.2 Å². The van der Waals surface area contributed by atoms with E-state index in [0.29, 0.717) is 0 Å². The van der Waals surface area contributed by atoms with Gasteiger partial charge in [0.1, 0.15) is 0 Å². The summed E-state index contributed by atoms with van der Waals surface area (Å²) in [5.74, 6) is 0. The number of nitrogens with zero attached hydrogens (tertiary/aromatic N) is 2. The number of anilines is 1. The number of aryl methyl sites for hydroxylation is 1. The highest BCUT2D eigenvalue weighted by molar-refractivity contribution is 5.36. The van der Waals surface area contributed by atoms with Crippen molar-refractivity contribution in [2.75, 3.05) is 12.4 Å². The minimum absolute atomic E-state index is 1.03. The van der Waals surface area contributed by atoms with Gasteiger partial charge in [0.25, 0.3) is 0 Å². The molecule has 0 atom stereocenters. The Morgan fingerprint density at radius 1 is 1.64 bits per heavy atom. The van der Waals surface area contributed by atoms with Gasteiger partial charge in [-0.3, -0.25) is 4.68 Å². The van der Waals surface area contributed by atoms with Gasteiger partial charge in [-0.2, -0.15) is 5.10 Å². The van der Waals surface area contributed by atoms with Crippen molar-refractivity contribution in [3.63, 3.8) is 0 Å². The van der Waals surface area contributed by atoms with Gasteiger partial charge in [0, 0.05) is 19.8 Å². The van der Waals surface area contributed by atoms with Crippen LogP contribution in [0.2, 0.25) is 0 Å². The molecule has 0 spiro atoms. The van der Waals surface area contributed by atoms with E-state index in [1.165, 1.54) is 12.8 Å². The molecular formula is C8H15N3. The summed E-state index contributed by atoms with van der Waals surface area (Å²) in [6.07, 6.45) is 6.28. The lowest BCUT2D eigenvalue weighted by atomic mass is 10.3. The second-order valence-electron chi connectivity index (χ2n) is 2.60. The quantitative estimate of drug-likeness (QED) is 0.713. The molecule has 1 aromatic rings. The Hall–Kier alpha value is -0.990. The van der Waals surface area contributed by atoms with Crippen LogP contribution in [0.25, 0.3) is 0 Å². The maximum atomic E-state index is 4.18. The van der Waals surface area contributed by atoms with Gasteiger partial charge in [0.15, 0.2) is 0 Å². The number of unbranched alkanes of at least 4 members (excludes halogenated alkanes) is 1. The van der Waals surface area contributed by atoms with E-state index in [9.17, 15) is 0 Å². The molecule has 0 aliphatic carbocycles. The minimum atomic E-state index is 1.03. The molecule has 11 heavy (non-hydrogen) atoms. The van der Waals surface area contributed by atoms with Gasteiger partial charge >= 0.3 is 0 Å². The predicted octanol–water partition coefficient (Wildman–Crippen LogP) is 1.72. The first kappa shape index (κ1) is 8.11. The summed E-state index contributed by atoms with van der Waals surface area (Å²) in [7, 11) is 1.90. The first-order valence-electron chi connectivity index (χ1n) is 4.07. The summed E-state index contributed by atoms with van der Waals surface area (Å²) < 4.78 is 1.97. The average molecular weight is 153 g/mol. The molecule has 0 aromatic carbocycles. The molecule has 0 saturated carbocycles. The Morgan fingerprint density at radius 2 is 2.45 bits per heavy atom. The third-order valence-corrected chi connectivity index (χ3v) is 1.66. The van der Waals surface area contributed by atoms with Crippen LogP contribution in [0.1, 0.15) is 19.8 Å². The molecule has 0 bridgehead atoms. The maximum absolute atomic E-state index is 4.18. The fraction of sp³-hybridized carbons (Fsp3) is 0.625. The van der Waals surface area contributed by atoms with Crippen molar-refractivity contribution in [3.05, 3.63) is 12.4 Å². The molecule has 0 saturated heterocycles. The number of rotatable bonds is 4. The molecular weight excluding hydrogens is 138 g/mol. The molecule has 0 unspecified atom stereocenters. The predicted molar refractivity (Wildman–Crippen MR) is 46.7 cm³/mol. The molecule has 1 N–H and O–H groups in total. The first-order valence-corrected chi connectivity index (χ1v) is 4.07. The van der Waals surface area contributed by atoms with Crippen LogP contribution < -0.4 is 5.32 Å². The second kappa shape index (κ2) is 4.01. The molecule has 3 heteroatoms. The van der Waals surface area contributed by atoms with Crippen molar-refractivity contribution in [2.24, 2.45) is 0 Å². The van der Waals surface area contributed by atoms with Gasteiger partial charge in [0.2, 0.25) is 0 Å². The zero-order chi connectivity index (χ0) is 8.10. The van der Waals surface area contributed by atoms with Crippen molar-refractivity contribution in [3.8, 4) is 0 Å². The first-order chi connectivity index (χ1) is 5.36. The van der Waals surface area contributed by atoms with E-state index >= 15 is 0 Å². The number of hydrogen-bond donors (Lipinski definition) is 1. The lowest BCUT2D eigenvalue weighted by Gasteiger charge is -1.96. The van der Waals surface area contributed by atoms with Crippen molar-refractivity contribution >= 4 is 5.69 Å². The van der Waals surface area contributed by atoms with Crippen LogP contribution in [-0.4, -0.2) is 16.8 Å². The average Bonchev–Trinajstić information content (AvgIpc) is 2.48. The fourth-order valence-corrected chi connectivity index (χ4v) is 0.935. The van der Waals surface area contributed by atoms with Crippen LogP contribution >= 0.6 is 0 Å². The van der Waals surface area contributed by atoms with E-state index in [1.807, 2.05) is 24.1 Å². The van der Waals surface area contributed by atoms with Crippen LogP contribution in [0.5, 0.6) is 0 Å². The Kier molecular flexibility index (Phi) is 2.95. The monoisotopic (exact) mass is 153 g/mol. The Bertz CT molecular complexity index is 205. The van der Waals surface area contributed by atoms with Crippen LogP contribution in [0.3, 0.4) is 0 Å². The summed E-state index contributed by atoms with van der Waals surface area (Å²) in [5, 5.41) is 7.22. The normalized spacial score (nSPS) is 10.0. The topological polar surface area (TPSA) is 29.9 Å². The Labute approximate surface area is 67.4 Å². The number of aromatic nitrogens is 2. The van der Waals surface area contributed by atoms with Gasteiger partial charge in [-0.25, -0.2) is 0 Å². The van der Waals surface area contributed by atoms with E-state index < -0.39 is 0 Å². The second-order valence-corrected chi connectivity index (χ2v) is 2.60. The molecule has 0 amide bonds. The molecule has 3 nitrogen and oxygen atoms in total. The SMILES string of the molecule is CCCCn1cc(NC)cn1. The Morgan fingerprint density at radius 3 is 3.00 bits per heavy atom. The van der Waals surface area contributed by atoms with Crippen LogP contribution in [0, 0.1) is 0 Å². The summed E-state index contributed by atoms with van der Waals surface area (Å²) in [6.45, 7) is 3.21. The molecule has 1 rings (SSSR count). The molecule has 1 aromatic heterocycles. The van der Waals surface area contributed by atoms with E-state index in [4.69, 9.17) is 0 Å². The highest BCUT2D eigenvalue weighted by atomic mass is 15.3. The molecule has 1 heterocycles.